The standard InChI is InChI=1S/C18H29N/c1-12(2)17-9-6-13(3)10-18(17)19-16-8-7-14(4)15(5)11-16/h7-8,11-13,17-19H,6,9-10H2,1-5H3. The average molecular weight is 259 g/mol. The lowest BCUT2D eigenvalue weighted by Gasteiger charge is -2.38. The number of aryl methyl sites for hydroxylation is 2. The first kappa shape index (κ1) is 14.4. The Bertz CT molecular complexity index is 422. The molecule has 3 unspecified atom stereocenters. The van der Waals surface area contributed by atoms with Crippen molar-refractivity contribution in [3.63, 3.8) is 0 Å². The molecule has 0 aromatic heterocycles. The van der Waals surface area contributed by atoms with Crippen molar-refractivity contribution in [1.82, 2.24) is 0 Å². The third-order valence-electron chi connectivity index (χ3n) is 4.88. The zero-order valence-electron chi connectivity index (χ0n) is 13.2. The summed E-state index contributed by atoms with van der Waals surface area (Å²) in [5, 5.41) is 3.81. The van der Waals surface area contributed by atoms with Crippen LogP contribution in [0.15, 0.2) is 18.2 Å². The molecule has 1 nitrogen and oxygen atoms in total. The molecule has 1 aliphatic rings. The molecule has 2 rings (SSSR count). The van der Waals surface area contributed by atoms with Gasteiger partial charge in [-0.1, -0.05) is 33.3 Å². The number of hydrogen-bond acceptors (Lipinski definition) is 1. The Morgan fingerprint density at radius 3 is 2.47 bits per heavy atom. The van der Waals surface area contributed by atoms with Crippen molar-refractivity contribution in [1.29, 1.82) is 0 Å². The smallest absolute Gasteiger partial charge is 0.0345 e. The van der Waals surface area contributed by atoms with E-state index in [0.29, 0.717) is 6.04 Å². The highest BCUT2D eigenvalue weighted by molar-refractivity contribution is 5.49. The maximum Gasteiger partial charge on any atom is 0.0345 e. The molecule has 0 spiro atoms. The molecule has 1 aromatic carbocycles. The third kappa shape index (κ3) is 3.52. The Labute approximate surface area is 118 Å². The lowest BCUT2D eigenvalue weighted by atomic mass is 9.74. The Morgan fingerprint density at radius 2 is 1.84 bits per heavy atom. The van der Waals surface area contributed by atoms with Crippen molar-refractivity contribution in [3.05, 3.63) is 29.3 Å². The molecule has 1 aliphatic carbocycles. The maximum absolute atomic E-state index is 3.81. The quantitative estimate of drug-likeness (QED) is 0.789. The first-order chi connectivity index (χ1) is 8.97. The number of benzene rings is 1. The summed E-state index contributed by atoms with van der Waals surface area (Å²) in [7, 11) is 0. The molecule has 0 bridgehead atoms. The van der Waals surface area contributed by atoms with Gasteiger partial charge < -0.3 is 5.32 Å². The first-order valence-corrected chi connectivity index (χ1v) is 7.81. The zero-order chi connectivity index (χ0) is 14.0. The van der Waals surface area contributed by atoms with Gasteiger partial charge in [0.2, 0.25) is 0 Å². The normalized spacial score (nSPS) is 27.6. The van der Waals surface area contributed by atoms with Gasteiger partial charge in [-0.25, -0.2) is 0 Å². The van der Waals surface area contributed by atoms with Gasteiger partial charge >= 0.3 is 0 Å². The molecule has 1 fully saturated rings. The molecule has 1 saturated carbocycles. The van der Waals surface area contributed by atoms with E-state index in [2.05, 4.69) is 58.1 Å². The Kier molecular flexibility index (Phi) is 4.54. The van der Waals surface area contributed by atoms with E-state index in [1.54, 1.807) is 0 Å². The van der Waals surface area contributed by atoms with Crippen LogP contribution in [-0.2, 0) is 0 Å². The molecule has 0 amide bonds. The largest absolute Gasteiger partial charge is 0.382 e. The maximum atomic E-state index is 3.81. The molecule has 106 valence electrons. The van der Waals surface area contributed by atoms with Crippen LogP contribution in [0, 0.1) is 31.6 Å². The third-order valence-corrected chi connectivity index (χ3v) is 4.88. The highest BCUT2D eigenvalue weighted by Gasteiger charge is 2.30. The second-order valence-corrected chi connectivity index (χ2v) is 6.88. The Balaban J connectivity index is 2.11. The summed E-state index contributed by atoms with van der Waals surface area (Å²) in [5.41, 5.74) is 4.06. The molecule has 0 aliphatic heterocycles. The average Bonchev–Trinajstić information content (AvgIpc) is 2.33. The molecular weight excluding hydrogens is 230 g/mol. The van der Waals surface area contributed by atoms with Crippen molar-refractivity contribution in [2.75, 3.05) is 5.32 Å². The van der Waals surface area contributed by atoms with Crippen LogP contribution in [0.3, 0.4) is 0 Å². The van der Waals surface area contributed by atoms with Gasteiger partial charge in [0.15, 0.2) is 0 Å². The fourth-order valence-electron chi connectivity index (χ4n) is 3.41. The zero-order valence-corrected chi connectivity index (χ0v) is 13.2. The SMILES string of the molecule is Cc1ccc(NC2CC(C)CCC2C(C)C)cc1C. The first-order valence-electron chi connectivity index (χ1n) is 7.81. The van der Waals surface area contributed by atoms with Crippen LogP contribution in [0.25, 0.3) is 0 Å². The monoisotopic (exact) mass is 259 g/mol. The van der Waals surface area contributed by atoms with E-state index >= 15 is 0 Å². The van der Waals surface area contributed by atoms with Gasteiger partial charge in [-0.3, -0.25) is 0 Å². The molecule has 0 heterocycles. The van der Waals surface area contributed by atoms with E-state index in [1.165, 1.54) is 36.1 Å². The van der Waals surface area contributed by atoms with Gasteiger partial charge in [0, 0.05) is 11.7 Å². The van der Waals surface area contributed by atoms with E-state index in [4.69, 9.17) is 0 Å². The minimum absolute atomic E-state index is 0.644. The minimum atomic E-state index is 0.644. The summed E-state index contributed by atoms with van der Waals surface area (Å²) >= 11 is 0. The minimum Gasteiger partial charge on any atom is -0.382 e. The molecule has 1 N–H and O–H groups in total. The molecule has 3 atom stereocenters. The van der Waals surface area contributed by atoms with Crippen molar-refractivity contribution in [2.45, 2.75) is 59.9 Å². The van der Waals surface area contributed by atoms with Crippen molar-refractivity contribution < 1.29 is 0 Å². The van der Waals surface area contributed by atoms with Gasteiger partial charge in [-0.05, 0) is 67.7 Å². The summed E-state index contributed by atoms with van der Waals surface area (Å²) in [4.78, 5) is 0. The second-order valence-electron chi connectivity index (χ2n) is 6.88. The highest BCUT2D eigenvalue weighted by Crippen LogP contribution is 2.35. The van der Waals surface area contributed by atoms with Gasteiger partial charge in [-0.15, -0.1) is 0 Å². The number of anilines is 1. The number of nitrogens with one attached hydrogen (secondary N) is 1. The highest BCUT2D eigenvalue weighted by atomic mass is 14.9. The molecule has 1 heteroatoms. The van der Waals surface area contributed by atoms with Crippen LogP contribution in [0.1, 0.15) is 51.2 Å². The fourth-order valence-corrected chi connectivity index (χ4v) is 3.41. The van der Waals surface area contributed by atoms with Crippen LogP contribution < -0.4 is 5.32 Å². The van der Waals surface area contributed by atoms with E-state index < -0.39 is 0 Å². The van der Waals surface area contributed by atoms with E-state index in [9.17, 15) is 0 Å². The lowest BCUT2D eigenvalue weighted by Crippen LogP contribution is -2.37. The predicted octanol–water partition coefficient (Wildman–Crippen LogP) is 5.18. The molecule has 19 heavy (non-hydrogen) atoms. The van der Waals surface area contributed by atoms with Gasteiger partial charge in [0.25, 0.3) is 0 Å². The van der Waals surface area contributed by atoms with Crippen LogP contribution in [-0.4, -0.2) is 6.04 Å². The van der Waals surface area contributed by atoms with Crippen LogP contribution in [0.4, 0.5) is 5.69 Å². The van der Waals surface area contributed by atoms with Crippen LogP contribution in [0.5, 0.6) is 0 Å². The van der Waals surface area contributed by atoms with E-state index in [1.807, 2.05) is 0 Å². The summed E-state index contributed by atoms with van der Waals surface area (Å²) in [6.07, 6.45) is 4.09. The van der Waals surface area contributed by atoms with Crippen LogP contribution in [0.2, 0.25) is 0 Å². The van der Waals surface area contributed by atoms with Crippen molar-refractivity contribution >= 4 is 5.69 Å². The van der Waals surface area contributed by atoms with Gasteiger partial charge in [0.1, 0.15) is 0 Å². The van der Waals surface area contributed by atoms with Crippen molar-refractivity contribution in [3.8, 4) is 0 Å². The Hall–Kier alpha value is -0.980. The molecule has 1 aromatic rings. The Morgan fingerprint density at radius 1 is 1.11 bits per heavy atom. The lowest BCUT2D eigenvalue weighted by molar-refractivity contribution is 0.212. The summed E-state index contributed by atoms with van der Waals surface area (Å²) in [6, 6.07) is 7.41. The van der Waals surface area contributed by atoms with Gasteiger partial charge in [0.05, 0.1) is 0 Å². The fraction of sp³-hybridized carbons (Fsp3) is 0.667. The van der Waals surface area contributed by atoms with Crippen molar-refractivity contribution in [2.24, 2.45) is 17.8 Å². The van der Waals surface area contributed by atoms with E-state index in [0.717, 1.165) is 17.8 Å². The number of hydrogen-bond donors (Lipinski definition) is 1. The van der Waals surface area contributed by atoms with Crippen LogP contribution >= 0.6 is 0 Å². The number of rotatable bonds is 3. The predicted molar refractivity (Wildman–Crippen MR) is 84.7 cm³/mol. The summed E-state index contributed by atoms with van der Waals surface area (Å²) in [6.45, 7) is 11.5. The molecule has 0 saturated heterocycles. The van der Waals surface area contributed by atoms with Gasteiger partial charge in [-0.2, -0.15) is 0 Å². The second kappa shape index (κ2) is 5.98. The molecular formula is C18H29N. The topological polar surface area (TPSA) is 12.0 Å². The summed E-state index contributed by atoms with van der Waals surface area (Å²) in [5.74, 6) is 2.45. The van der Waals surface area contributed by atoms with E-state index in [-0.39, 0.29) is 0 Å². The summed E-state index contributed by atoms with van der Waals surface area (Å²) < 4.78 is 0. The molecule has 0 radical (unpaired) electrons.